The summed E-state index contributed by atoms with van der Waals surface area (Å²) in [5.74, 6) is -2.55. The van der Waals surface area contributed by atoms with Crippen LogP contribution in [0.1, 0.15) is 26.3 Å². The van der Waals surface area contributed by atoms with Crippen molar-refractivity contribution in [3.63, 3.8) is 0 Å². The first kappa shape index (κ1) is 12.6. The van der Waals surface area contributed by atoms with Crippen LogP contribution in [0, 0.1) is 0 Å². The molecule has 2 rings (SSSR count). The molecule has 0 amide bonds. The van der Waals surface area contributed by atoms with Gasteiger partial charge in [0.2, 0.25) is 5.78 Å². The van der Waals surface area contributed by atoms with Gasteiger partial charge in [-0.15, -0.1) is 0 Å². The quantitative estimate of drug-likeness (QED) is 0.577. The van der Waals surface area contributed by atoms with Crippen molar-refractivity contribution in [2.24, 2.45) is 0 Å². The van der Waals surface area contributed by atoms with Crippen LogP contribution >= 0.6 is 0 Å². The number of hydrogen-bond donors (Lipinski definition) is 3. The van der Waals surface area contributed by atoms with Crippen LogP contribution in [-0.4, -0.2) is 27.4 Å². The van der Waals surface area contributed by atoms with E-state index in [0.717, 1.165) is 6.07 Å². The first-order chi connectivity index (χ1) is 9.06. The molecular weight excluding hydrogens is 248 g/mol. The Labute approximate surface area is 108 Å². The van der Waals surface area contributed by atoms with Gasteiger partial charge >= 0.3 is 0 Å². The maximum atomic E-state index is 12.1. The molecule has 2 aromatic rings. The van der Waals surface area contributed by atoms with Gasteiger partial charge in [-0.3, -0.25) is 9.59 Å². The molecule has 0 spiro atoms. The van der Waals surface area contributed by atoms with Crippen molar-refractivity contribution < 1.29 is 24.9 Å². The van der Waals surface area contributed by atoms with Crippen molar-refractivity contribution in [2.45, 2.75) is 0 Å². The molecule has 0 aromatic heterocycles. The Kier molecular flexibility index (Phi) is 3.20. The summed E-state index contributed by atoms with van der Waals surface area (Å²) in [5, 5.41) is 28.9. The second kappa shape index (κ2) is 4.81. The lowest BCUT2D eigenvalue weighted by atomic mass is 9.98. The topological polar surface area (TPSA) is 94.8 Å². The second-order valence-corrected chi connectivity index (χ2v) is 3.87. The largest absolute Gasteiger partial charge is 0.507 e. The number of aldehydes is 1. The van der Waals surface area contributed by atoms with E-state index in [0.29, 0.717) is 0 Å². The lowest BCUT2D eigenvalue weighted by Crippen LogP contribution is -2.03. The highest BCUT2D eigenvalue weighted by atomic mass is 16.3. The minimum absolute atomic E-state index is 0.214. The minimum atomic E-state index is -0.735. The van der Waals surface area contributed by atoms with Gasteiger partial charge in [-0.25, -0.2) is 0 Å². The van der Waals surface area contributed by atoms with Crippen LogP contribution in [0.15, 0.2) is 36.4 Å². The molecule has 0 atom stereocenters. The fourth-order valence-electron chi connectivity index (χ4n) is 1.73. The highest BCUT2D eigenvalue weighted by Crippen LogP contribution is 2.37. The van der Waals surface area contributed by atoms with Crippen LogP contribution in [-0.2, 0) is 0 Å². The van der Waals surface area contributed by atoms with Crippen LogP contribution in [0.4, 0.5) is 0 Å². The Morgan fingerprint density at radius 3 is 2.21 bits per heavy atom. The highest BCUT2D eigenvalue weighted by molar-refractivity contribution is 6.13. The van der Waals surface area contributed by atoms with Gasteiger partial charge in [0.25, 0.3) is 0 Å². The fourth-order valence-corrected chi connectivity index (χ4v) is 1.73. The Morgan fingerprint density at radius 2 is 1.63 bits per heavy atom. The number of phenols is 3. The molecule has 19 heavy (non-hydrogen) atoms. The molecule has 0 radical (unpaired) electrons. The molecule has 0 unspecified atom stereocenters. The summed E-state index contributed by atoms with van der Waals surface area (Å²) in [7, 11) is 0. The zero-order valence-electron chi connectivity index (χ0n) is 9.70. The lowest BCUT2D eigenvalue weighted by molar-refractivity contribution is 0.103. The summed E-state index contributed by atoms with van der Waals surface area (Å²) in [6.07, 6.45) is 0.214. The van der Waals surface area contributed by atoms with Crippen LogP contribution in [0.5, 0.6) is 17.2 Å². The Bertz CT molecular complexity index is 647. The molecule has 0 fully saturated rings. The van der Waals surface area contributed by atoms with E-state index in [1.165, 1.54) is 12.1 Å². The lowest BCUT2D eigenvalue weighted by Gasteiger charge is -2.09. The number of aromatic hydroxyl groups is 3. The minimum Gasteiger partial charge on any atom is -0.507 e. The molecule has 0 bridgehead atoms. The fraction of sp³-hybridized carbons (Fsp3) is 0. The summed E-state index contributed by atoms with van der Waals surface area (Å²) in [6.45, 7) is 0. The van der Waals surface area contributed by atoms with Gasteiger partial charge in [0, 0.05) is 11.6 Å². The molecule has 96 valence electrons. The molecule has 3 N–H and O–H groups in total. The van der Waals surface area contributed by atoms with Crippen LogP contribution in [0.2, 0.25) is 0 Å². The van der Waals surface area contributed by atoms with E-state index >= 15 is 0 Å². The average molecular weight is 258 g/mol. The van der Waals surface area contributed by atoms with Gasteiger partial charge in [-0.2, -0.15) is 0 Å². The van der Waals surface area contributed by atoms with E-state index in [9.17, 15) is 24.9 Å². The number of benzene rings is 2. The SMILES string of the molecule is O=Cc1c(O)cc(O)c(C(=O)c2ccccc2)c1O. The molecule has 0 aliphatic rings. The van der Waals surface area contributed by atoms with Crippen molar-refractivity contribution in [3.8, 4) is 17.2 Å². The van der Waals surface area contributed by atoms with Crippen LogP contribution < -0.4 is 0 Å². The van der Waals surface area contributed by atoms with E-state index in [-0.39, 0.29) is 11.8 Å². The van der Waals surface area contributed by atoms with Crippen molar-refractivity contribution in [1.82, 2.24) is 0 Å². The standard InChI is InChI=1S/C14H10O5/c15-7-9-10(16)6-11(17)12(14(9)19)13(18)8-4-2-1-3-5-8/h1-7,16-17,19H. The van der Waals surface area contributed by atoms with Crippen molar-refractivity contribution in [2.75, 3.05) is 0 Å². The Hall–Kier alpha value is -2.82. The van der Waals surface area contributed by atoms with Gasteiger partial charge in [0.1, 0.15) is 22.8 Å². The summed E-state index contributed by atoms with van der Waals surface area (Å²) < 4.78 is 0. The molecule has 0 saturated carbocycles. The molecule has 5 nitrogen and oxygen atoms in total. The smallest absolute Gasteiger partial charge is 0.200 e. The number of carbonyl (C=O) groups is 2. The van der Waals surface area contributed by atoms with Gasteiger partial charge in [-0.05, 0) is 0 Å². The summed E-state index contributed by atoms with van der Waals surface area (Å²) in [4.78, 5) is 22.9. The normalized spacial score (nSPS) is 10.1. The van der Waals surface area contributed by atoms with Crippen LogP contribution in [0.3, 0.4) is 0 Å². The molecule has 0 saturated heterocycles. The number of ketones is 1. The summed E-state index contributed by atoms with van der Waals surface area (Å²) in [6, 6.07) is 8.83. The summed E-state index contributed by atoms with van der Waals surface area (Å²) >= 11 is 0. The third-order valence-corrected chi connectivity index (χ3v) is 2.68. The van der Waals surface area contributed by atoms with E-state index < -0.39 is 34.2 Å². The molecule has 5 heteroatoms. The third-order valence-electron chi connectivity index (χ3n) is 2.68. The van der Waals surface area contributed by atoms with Crippen LogP contribution in [0.25, 0.3) is 0 Å². The highest BCUT2D eigenvalue weighted by Gasteiger charge is 2.23. The maximum Gasteiger partial charge on any atom is 0.200 e. The molecular formula is C14H10O5. The van der Waals surface area contributed by atoms with Gasteiger partial charge in [0.15, 0.2) is 6.29 Å². The maximum absolute atomic E-state index is 12.1. The first-order valence-corrected chi connectivity index (χ1v) is 5.39. The second-order valence-electron chi connectivity index (χ2n) is 3.87. The summed E-state index contributed by atoms with van der Waals surface area (Å²) in [5.41, 5.74) is -0.598. The molecule has 2 aromatic carbocycles. The third kappa shape index (κ3) is 2.13. The number of hydrogen-bond acceptors (Lipinski definition) is 5. The van der Waals surface area contributed by atoms with E-state index in [4.69, 9.17) is 0 Å². The van der Waals surface area contributed by atoms with E-state index in [1.807, 2.05) is 0 Å². The molecule has 0 heterocycles. The number of phenolic OH excluding ortho intramolecular Hbond substituents is 3. The predicted octanol–water partition coefficient (Wildman–Crippen LogP) is 1.85. The van der Waals surface area contributed by atoms with Crippen molar-refractivity contribution >= 4 is 12.1 Å². The zero-order valence-corrected chi connectivity index (χ0v) is 9.70. The first-order valence-electron chi connectivity index (χ1n) is 5.39. The zero-order chi connectivity index (χ0) is 14.0. The molecule has 0 aliphatic heterocycles. The monoisotopic (exact) mass is 258 g/mol. The van der Waals surface area contributed by atoms with E-state index in [2.05, 4.69) is 0 Å². The average Bonchev–Trinajstić information content (AvgIpc) is 2.39. The van der Waals surface area contributed by atoms with Crippen molar-refractivity contribution in [1.29, 1.82) is 0 Å². The van der Waals surface area contributed by atoms with E-state index in [1.54, 1.807) is 18.2 Å². The predicted molar refractivity (Wildman–Crippen MR) is 66.7 cm³/mol. The number of carbonyl (C=O) groups excluding carboxylic acids is 2. The van der Waals surface area contributed by atoms with Gasteiger partial charge in [0.05, 0.1) is 5.56 Å². The van der Waals surface area contributed by atoms with Crippen molar-refractivity contribution in [3.05, 3.63) is 53.1 Å². The number of rotatable bonds is 3. The van der Waals surface area contributed by atoms with Gasteiger partial charge < -0.3 is 15.3 Å². The molecule has 0 aliphatic carbocycles. The Balaban J connectivity index is 2.63. The Morgan fingerprint density at radius 1 is 1.00 bits per heavy atom. The van der Waals surface area contributed by atoms with Gasteiger partial charge in [-0.1, -0.05) is 30.3 Å².